The minimum atomic E-state index is -0.296. The lowest BCUT2D eigenvalue weighted by Gasteiger charge is -2.16. The van der Waals surface area contributed by atoms with Crippen molar-refractivity contribution in [1.82, 2.24) is 4.57 Å². The van der Waals surface area contributed by atoms with Crippen molar-refractivity contribution in [2.45, 2.75) is 44.1 Å². The summed E-state index contributed by atoms with van der Waals surface area (Å²) in [5.41, 5.74) is 2.71. The molecule has 2 bridgehead atoms. The van der Waals surface area contributed by atoms with Crippen LogP contribution >= 0.6 is 11.6 Å². The predicted molar refractivity (Wildman–Crippen MR) is 94.2 cm³/mol. The third kappa shape index (κ3) is 1.99. The fourth-order valence-corrected chi connectivity index (χ4v) is 5.33. The zero-order valence-electron chi connectivity index (χ0n) is 13.6. The van der Waals surface area contributed by atoms with Gasteiger partial charge in [0.1, 0.15) is 6.54 Å². The van der Waals surface area contributed by atoms with Crippen LogP contribution in [0.25, 0.3) is 0 Å². The van der Waals surface area contributed by atoms with Gasteiger partial charge in [-0.1, -0.05) is 11.6 Å². The average molecular weight is 359 g/mol. The van der Waals surface area contributed by atoms with E-state index in [9.17, 15) is 15.0 Å². The zero-order valence-corrected chi connectivity index (χ0v) is 14.4. The molecule has 5 nitrogen and oxygen atoms in total. The van der Waals surface area contributed by atoms with E-state index in [1.54, 1.807) is 24.3 Å². The molecule has 1 heterocycles. The molecule has 0 aliphatic heterocycles. The molecule has 1 aromatic heterocycles. The highest BCUT2D eigenvalue weighted by atomic mass is 35.5. The van der Waals surface area contributed by atoms with Crippen molar-refractivity contribution in [2.75, 3.05) is 5.32 Å². The Morgan fingerprint density at radius 2 is 1.68 bits per heavy atom. The first kappa shape index (κ1) is 15.1. The Balaban J connectivity index is 1.41. The molecule has 2 fully saturated rings. The second-order valence-corrected chi connectivity index (χ2v) is 7.97. The molecule has 3 N–H and O–H groups in total. The van der Waals surface area contributed by atoms with Crippen molar-refractivity contribution in [3.8, 4) is 11.8 Å². The van der Waals surface area contributed by atoms with Crippen LogP contribution in [0.1, 0.15) is 48.6 Å². The highest BCUT2D eigenvalue weighted by Crippen LogP contribution is 2.78. The molecule has 0 radical (unpaired) electrons. The lowest BCUT2D eigenvalue weighted by molar-refractivity contribution is -0.116. The van der Waals surface area contributed by atoms with Gasteiger partial charge in [-0.15, -0.1) is 0 Å². The first-order valence-corrected chi connectivity index (χ1v) is 9.08. The Hall–Kier alpha value is -2.14. The standard InChI is InChI=1S/C19H19ClN2O3/c20-10-1-3-11(4-2-10)21-14(23)9-22-17(24)15-12-5-6-13(16(15)18(22)25)19(12)7-8-19/h1-4,12-13,24-25H,5-9H2,(H,21,23). The molecular weight excluding hydrogens is 340 g/mol. The predicted octanol–water partition coefficient (Wildman–Crippen LogP) is 3.95. The van der Waals surface area contributed by atoms with Crippen molar-refractivity contribution >= 4 is 23.2 Å². The first-order chi connectivity index (χ1) is 12.0. The molecule has 2 atom stereocenters. The molecule has 25 heavy (non-hydrogen) atoms. The Morgan fingerprint density at radius 1 is 1.12 bits per heavy atom. The Kier molecular flexibility index (Phi) is 2.99. The van der Waals surface area contributed by atoms with Crippen LogP contribution in [-0.2, 0) is 11.3 Å². The molecule has 1 amide bonds. The number of hydrogen-bond donors (Lipinski definition) is 3. The minimum Gasteiger partial charge on any atom is -0.494 e. The van der Waals surface area contributed by atoms with Gasteiger partial charge in [0.05, 0.1) is 0 Å². The number of nitrogens with one attached hydrogen (secondary N) is 1. The fraction of sp³-hybridized carbons (Fsp3) is 0.421. The molecule has 6 heteroatoms. The lowest BCUT2D eigenvalue weighted by Crippen LogP contribution is -2.18. The highest BCUT2D eigenvalue weighted by molar-refractivity contribution is 6.30. The summed E-state index contributed by atoms with van der Waals surface area (Å²) in [5.74, 6) is 0.530. The molecule has 1 spiro atoms. The molecule has 2 saturated carbocycles. The van der Waals surface area contributed by atoms with Crippen molar-refractivity contribution in [1.29, 1.82) is 0 Å². The van der Waals surface area contributed by atoms with E-state index >= 15 is 0 Å². The van der Waals surface area contributed by atoms with Crippen LogP contribution in [0.3, 0.4) is 0 Å². The van der Waals surface area contributed by atoms with E-state index in [-0.39, 0.29) is 24.2 Å². The third-order valence-corrected chi connectivity index (χ3v) is 6.62. The quantitative estimate of drug-likeness (QED) is 0.777. The van der Waals surface area contributed by atoms with Crippen molar-refractivity contribution in [3.63, 3.8) is 0 Å². The minimum absolute atomic E-state index is 0.0669. The monoisotopic (exact) mass is 358 g/mol. The normalized spacial score (nSPS) is 24.5. The number of aromatic nitrogens is 1. The summed E-state index contributed by atoms with van der Waals surface area (Å²) >= 11 is 5.84. The summed E-state index contributed by atoms with van der Waals surface area (Å²) in [4.78, 5) is 12.3. The average Bonchev–Trinajstić information content (AvgIpc) is 3.20. The molecule has 3 aliphatic carbocycles. The summed E-state index contributed by atoms with van der Waals surface area (Å²) in [6.45, 7) is -0.111. The largest absolute Gasteiger partial charge is 0.494 e. The maximum absolute atomic E-state index is 12.3. The molecular formula is C19H19ClN2O3. The van der Waals surface area contributed by atoms with E-state index in [1.807, 2.05) is 0 Å². The first-order valence-electron chi connectivity index (χ1n) is 8.71. The number of carbonyl (C=O) groups is 1. The van der Waals surface area contributed by atoms with E-state index < -0.39 is 0 Å². The topological polar surface area (TPSA) is 74.5 Å². The van der Waals surface area contributed by atoms with E-state index in [2.05, 4.69) is 5.32 Å². The van der Waals surface area contributed by atoms with E-state index in [4.69, 9.17) is 11.6 Å². The van der Waals surface area contributed by atoms with Gasteiger partial charge in [0.25, 0.3) is 0 Å². The van der Waals surface area contributed by atoms with Crippen LogP contribution < -0.4 is 5.32 Å². The molecule has 5 rings (SSSR count). The van der Waals surface area contributed by atoms with Crippen LogP contribution in [-0.4, -0.2) is 20.7 Å². The van der Waals surface area contributed by atoms with E-state index in [0.29, 0.717) is 28.0 Å². The number of fused-ring (bicyclic) bond motifs is 3. The molecule has 2 unspecified atom stereocenters. The summed E-state index contributed by atoms with van der Waals surface area (Å²) in [7, 11) is 0. The van der Waals surface area contributed by atoms with Crippen LogP contribution in [0.4, 0.5) is 5.69 Å². The Labute approximate surface area is 150 Å². The number of halogens is 1. The number of rotatable bonds is 3. The second kappa shape index (κ2) is 4.94. The van der Waals surface area contributed by atoms with Gasteiger partial charge < -0.3 is 15.5 Å². The van der Waals surface area contributed by atoms with Gasteiger partial charge >= 0.3 is 0 Å². The third-order valence-electron chi connectivity index (χ3n) is 6.37. The molecule has 130 valence electrons. The molecule has 1 aromatic carbocycles. The smallest absolute Gasteiger partial charge is 0.244 e. The van der Waals surface area contributed by atoms with Gasteiger partial charge in [0.15, 0.2) is 11.8 Å². The van der Waals surface area contributed by atoms with Crippen LogP contribution in [0.2, 0.25) is 5.02 Å². The SMILES string of the molecule is O=C(Cn1c(O)c2c(c1O)C1CCC2C12CC2)Nc1ccc(Cl)cc1. The summed E-state index contributed by atoms with van der Waals surface area (Å²) in [6, 6.07) is 6.82. The van der Waals surface area contributed by atoms with Crippen molar-refractivity contribution in [2.24, 2.45) is 5.41 Å². The molecule has 2 aromatic rings. The summed E-state index contributed by atoms with van der Waals surface area (Å²) in [5, 5.41) is 24.7. The van der Waals surface area contributed by atoms with Gasteiger partial charge in [-0.3, -0.25) is 9.36 Å². The van der Waals surface area contributed by atoms with Crippen LogP contribution in [0.5, 0.6) is 11.8 Å². The Bertz CT molecular complexity index is 846. The van der Waals surface area contributed by atoms with Gasteiger partial charge in [0, 0.05) is 21.8 Å². The number of benzene rings is 1. The molecule has 3 aliphatic rings. The van der Waals surface area contributed by atoms with Gasteiger partial charge in [-0.25, -0.2) is 0 Å². The van der Waals surface area contributed by atoms with Crippen LogP contribution in [0, 0.1) is 5.41 Å². The van der Waals surface area contributed by atoms with Gasteiger partial charge in [-0.2, -0.15) is 0 Å². The number of carbonyl (C=O) groups excluding carboxylic acids is 1. The fourth-order valence-electron chi connectivity index (χ4n) is 5.20. The maximum Gasteiger partial charge on any atom is 0.244 e. The lowest BCUT2D eigenvalue weighted by atomic mass is 9.91. The van der Waals surface area contributed by atoms with E-state index in [0.717, 1.165) is 24.0 Å². The summed E-state index contributed by atoms with van der Waals surface area (Å²) in [6.07, 6.45) is 4.52. The number of hydrogen-bond acceptors (Lipinski definition) is 3. The number of nitrogens with zero attached hydrogens (tertiary/aromatic N) is 1. The number of anilines is 1. The zero-order chi connectivity index (χ0) is 17.3. The number of aromatic hydroxyl groups is 2. The van der Waals surface area contributed by atoms with Gasteiger partial charge in [-0.05, 0) is 67.2 Å². The van der Waals surface area contributed by atoms with Gasteiger partial charge in [0.2, 0.25) is 5.91 Å². The van der Waals surface area contributed by atoms with E-state index in [1.165, 1.54) is 17.4 Å². The van der Waals surface area contributed by atoms with Crippen molar-refractivity contribution < 1.29 is 15.0 Å². The Morgan fingerprint density at radius 3 is 2.20 bits per heavy atom. The van der Waals surface area contributed by atoms with Crippen molar-refractivity contribution in [3.05, 3.63) is 40.4 Å². The number of amides is 1. The molecule has 0 saturated heterocycles. The summed E-state index contributed by atoms with van der Waals surface area (Å²) < 4.78 is 1.34. The highest BCUT2D eigenvalue weighted by Gasteiger charge is 2.66. The maximum atomic E-state index is 12.3. The second-order valence-electron chi connectivity index (χ2n) is 7.53. The van der Waals surface area contributed by atoms with Crippen LogP contribution in [0.15, 0.2) is 24.3 Å².